The van der Waals surface area contributed by atoms with Crippen molar-refractivity contribution in [3.63, 3.8) is 0 Å². The van der Waals surface area contributed by atoms with E-state index in [1.165, 1.54) is 0 Å². The van der Waals surface area contributed by atoms with Crippen LogP contribution in [0.15, 0.2) is 48.5 Å². The number of benzene rings is 2. The number of hydrogen-bond donors (Lipinski definition) is 2. The molecule has 1 amide bonds. The fourth-order valence-electron chi connectivity index (χ4n) is 2.58. The van der Waals surface area contributed by atoms with Crippen molar-refractivity contribution < 1.29 is 4.79 Å². The molecule has 0 radical (unpaired) electrons. The van der Waals surface area contributed by atoms with Crippen LogP contribution < -0.4 is 10.6 Å². The molecule has 2 N–H and O–H groups in total. The summed E-state index contributed by atoms with van der Waals surface area (Å²) in [6.07, 6.45) is 2.02. The quantitative estimate of drug-likeness (QED) is 0.852. The molecule has 3 rings (SSSR count). The van der Waals surface area contributed by atoms with E-state index >= 15 is 0 Å². The fourth-order valence-corrected chi connectivity index (χ4v) is 2.58. The summed E-state index contributed by atoms with van der Waals surface area (Å²) in [5.41, 5.74) is 3.78. The largest absolute Gasteiger partial charge is 0.326 e. The van der Waals surface area contributed by atoms with Gasteiger partial charge in [-0.05, 0) is 55.2 Å². The van der Waals surface area contributed by atoms with Crippen molar-refractivity contribution in [1.29, 1.82) is 5.26 Å². The van der Waals surface area contributed by atoms with Crippen molar-refractivity contribution in [1.82, 2.24) is 5.32 Å². The zero-order valence-electron chi connectivity index (χ0n) is 13.8. The van der Waals surface area contributed by atoms with Gasteiger partial charge >= 0.3 is 0 Å². The summed E-state index contributed by atoms with van der Waals surface area (Å²) in [6, 6.07) is 17.9. The van der Waals surface area contributed by atoms with Crippen molar-refractivity contribution in [3.05, 3.63) is 65.2 Å². The molecule has 1 aliphatic rings. The second-order valence-electron chi connectivity index (χ2n) is 6.30. The lowest BCUT2D eigenvalue weighted by molar-refractivity contribution is -0.117. The van der Waals surface area contributed by atoms with E-state index in [1.807, 2.05) is 48.5 Å². The number of nitriles is 1. The zero-order valence-corrected chi connectivity index (χ0v) is 13.8. The highest BCUT2D eigenvalue weighted by Gasteiger charge is 2.29. The lowest BCUT2D eigenvalue weighted by atomic mass is 10.1. The molecule has 0 aromatic heterocycles. The lowest BCUT2D eigenvalue weighted by Crippen LogP contribution is -2.18. The molecule has 1 unspecified atom stereocenters. The molecule has 0 saturated heterocycles. The van der Waals surface area contributed by atoms with Gasteiger partial charge in [-0.2, -0.15) is 5.26 Å². The summed E-state index contributed by atoms with van der Waals surface area (Å²) in [7, 11) is 0. The Balaban J connectivity index is 1.55. The maximum atomic E-state index is 11.8. The second-order valence-corrected chi connectivity index (χ2v) is 6.30. The molecule has 1 saturated carbocycles. The molecule has 1 aliphatic carbocycles. The van der Waals surface area contributed by atoms with Crippen molar-refractivity contribution in [2.24, 2.45) is 5.92 Å². The van der Waals surface area contributed by atoms with E-state index in [0.717, 1.165) is 29.7 Å². The number of anilines is 1. The minimum absolute atomic E-state index is 0.131. The monoisotopic (exact) mass is 319 g/mol. The van der Waals surface area contributed by atoms with Gasteiger partial charge in [-0.1, -0.05) is 24.3 Å². The van der Waals surface area contributed by atoms with Crippen LogP contribution in [0.2, 0.25) is 0 Å². The van der Waals surface area contributed by atoms with Gasteiger partial charge in [0.1, 0.15) is 0 Å². The maximum absolute atomic E-state index is 11.8. The summed E-state index contributed by atoms with van der Waals surface area (Å²) in [4.78, 5) is 11.8. The molecular formula is C20H21N3O. The van der Waals surface area contributed by atoms with Crippen LogP contribution in [0.25, 0.3) is 0 Å². The Hall–Kier alpha value is -2.64. The molecule has 1 fully saturated rings. The van der Waals surface area contributed by atoms with Gasteiger partial charge in [-0.3, -0.25) is 4.79 Å². The molecule has 2 aromatic rings. The van der Waals surface area contributed by atoms with Crippen molar-refractivity contribution in [2.75, 3.05) is 5.32 Å². The molecule has 0 bridgehead atoms. The molecular weight excluding hydrogens is 298 g/mol. The second kappa shape index (κ2) is 7.29. The number of nitrogens with one attached hydrogen (secondary N) is 2. The number of amides is 1. The Kier molecular flexibility index (Phi) is 4.93. The first kappa shape index (κ1) is 16.2. The minimum Gasteiger partial charge on any atom is -0.326 e. The first-order valence-electron chi connectivity index (χ1n) is 8.29. The van der Waals surface area contributed by atoms with Gasteiger partial charge in [-0.15, -0.1) is 0 Å². The number of carbonyl (C=O) groups excluding carboxylic acids is 1. The van der Waals surface area contributed by atoms with Gasteiger partial charge < -0.3 is 10.6 Å². The molecule has 0 spiro atoms. The Labute approximate surface area is 142 Å². The molecule has 24 heavy (non-hydrogen) atoms. The van der Waals surface area contributed by atoms with Crippen LogP contribution in [-0.4, -0.2) is 5.91 Å². The average Bonchev–Trinajstić information content (AvgIpc) is 3.45. The summed E-state index contributed by atoms with van der Waals surface area (Å²) >= 11 is 0. The van der Waals surface area contributed by atoms with Crippen molar-refractivity contribution >= 4 is 11.6 Å². The van der Waals surface area contributed by atoms with Crippen molar-refractivity contribution in [2.45, 2.75) is 32.4 Å². The van der Waals surface area contributed by atoms with E-state index in [2.05, 4.69) is 23.6 Å². The molecule has 2 aromatic carbocycles. The van der Waals surface area contributed by atoms with Crippen LogP contribution in [-0.2, 0) is 11.3 Å². The Morgan fingerprint density at radius 3 is 2.67 bits per heavy atom. The van der Waals surface area contributed by atoms with Crippen LogP contribution in [0.3, 0.4) is 0 Å². The Bertz CT molecular complexity index is 757. The highest BCUT2D eigenvalue weighted by atomic mass is 16.2. The molecule has 0 aliphatic heterocycles. The van der Waals surface area contributed by atoms with Gasteiger partial charge in [-0.25, -0.2) is 0 Å². The fraction of sp³-hybridized carbons (Fsp3) is 0.300. The van der Waals surface area contributed by atoms with Crippen LogP contribution in [0.5, 0.6) is 0 Å². The van der Waals surface area contributed by atoms with Gasteiger partial charge in [0.15, 0.2) is 0 Å². The Morgan fingerprint density at radius 2 is 2.00 bits per heavy atom. The first-order valence-corrected chi connectivity index (χ1v) is 8.29. The van der Waals surface area contributed by atoms with Gasteiger partial charge in [0.25, 0.3) is 0 Å². The first-order chi connectivity index (χ1) is 11.7. The van der Waals surface area contributed by atoms with Gasteiger partial charge in [0.05, 0.1) is 11.6 Å². The van der Waals surface area contributed by atoms with Crippen LogP contribution in [0, 0.1) is 17.2 Å². The van der Waals surface area contributed by atoms with E-state index < -0.39 is 0 Å². The predicted octanol–water partition coefficient (Wildman–Crippen LogP) is 3.76. The smallest absolute Gasteiger partial charge is 0.227 e. The van der Waals surface area contributed by atoms with Crippen LogP contribution in [0.4, 0.5) is 5.69 Å². The third-order valence-corrected chi connectivity index (χ3v) is 4.29. The highest BCUT2D eigenvalue weighted by Crippen LogP contribution is 2.30. The van der Waals surface area contributed by atoms with Crippen molar-refractivity contribution in [3.8, 4) is 6.07 Å². The SMILES string of the molecule is CC(NCc1cccc(C#N)c1)c1ccc(NC(=O)C2CC2)cc1. The van der Waals surface area contributed by atoms with E-state index in [0.29, 0.717) is 12.1 Å². The number of nitrogens with zero attached hydrogens (tertiary/aromatic N) is 1. The van der Waals surface area contributed by atoms with E-state index in [-0.39, 0.29) is 17.9 Å². The summed E-state index contributed by atoms with van der Waals surface area (Å²) in [5, 5.41) is 15.4. The van der Waals surface area contributed by atoms with Crippen LogP contribution >= 0.6 is 0 Å². The molecule has 1 atom stereocenters. The van der Waals surface area contributed by atoms with E-state index in [4.69, 9.17) is 5.26 Å². The number of carbonyl (C=O) groups is 1. The zero-order chi connectivity index (χ0) is 16.9. The lowest BCUT2D eigenvalue weighted by Gasteiger charge is -2.15. The van der Waals surface area contributed by atoms with Crippen LogP contribution in [0.1, 0.15) is 42.5 Å². The number of hydrogen-bond acceptors (Lipinski definition) is 3. The molecule has 122 valence electrons. The maximum Gasteiger partial charge on any atom is 0.227 e. The topological polar surface area (TPSA) is 64.9 Å². The van der Waals surface area contributed by atoms with E-state index in [9.17, 15) is 4.79 Å². The van der Waals surface area contributed by atoms with E-state index in [1.54, 1.807) is 0 Å². The predicted molar refractivity (Wildman–Crippen MR) is 94.2 cm³/mol. The summed E-state index contributed by atoms with van der Waals surface area (Å²) in [6.45, 7) is 2.81. The Morgan fingerprint density at radius 1 is 1.25 bits per heavy atom. The molecule has 0 heterocycles. The molecule has 4 nitrogen and oxygen atoms in total. The minimum atomic E-state index is 0.131. The van der Waals surface area contributed by atoms with Gasteiger partial charge in [0.2, 0.25) is 5.91 Å². The normalized spacial score (nSPS) is 14.7. The molecule has 4 heteroatoms. The summed E-state index contributed by atoms with van der Waals surface area (Å²) < 4.78 is 0. The summed E-state index contributed by atoms with van der Waals surface area (Å²) in [5.74, 6) is 0.348. The third kappa shape index (κ3) is 4.21. The number of rotatable bonds is 6. The highest BCUT2D eigenvalue weighted by molar-refractivity contribution is 5.94. The standard InChI is InChI=1S/C20H21N3O/c1-14(22-13-16-4-2-3-15(11-16)12-21)17-7-9-19(10-8-17)23-20(24)18-5-6-18/h2-4,7-11,14,18,22H,5-6,13H2,1H3,(H,23,24). The third-order valence-electron chi connectivity index (χ3n) is 4.29. The average molecular weight is 319 g/mol. The van der Waals surface area contributed by atoms with Gasteiger partial charge in [0, 0.05) is 24.2 Å².